The minimum atomic E-state index is -3.70. The summed E-state index contributed by atoms with van der Waals surface area (Å²) >= 11 is 0. The Labute approximate surface area is 142 Å². The van der Waals surface area contributed by atoms with Crippen LogP contribution in [0.4, 0.5) is 0 Å². The summed E-state index contributed by atoms with van der Waals surface area (Å²) < 4.78 is 33.1. The summed E-state index contributed by atoms with van der Waals surface area (Å²) in [6, 6.07) is 7.77. The number of hydrogen-bond acceptors (Lipinski definition) is 5. The molecule has 2 aliphatic rings. The normalized spacial score (nSPS) is 31.7. The molecule has 0 radical (unpaired) electrons. The van der Waals surface area contributed by atoms with Crippen LogP contribution in [0.5, 0.6) is 0 Å². The van der Waals surface area contributed by atoms with Crippen molar-refractivity contribution in [3.63, 3.8) is 0 Å². The Morgan fingerprint density at radius 1 is 1.46 bits per heavy atom. The van der Waals surface area contributed by atoms with E-state index >= 15 is 0 Å². The van der Waals surface area contributed by atoms with E-state index in [1.54, 1.807) is 19.1 Å². The summed E-state index contributed by atoms with van der Waals surface area (Å²) in [7, 11) is -3.70. The highest BCUT2D eigenvalue weighted by Gasteiger charge is 2.47. The number of rotatable bonds is 3. The highest BCUT2D eigenvalue weighted by Crippen LogP contribution is 2.38. The zero-order valence-electron chi connectivity index (χ0n) is 13.7. The van der Waals surface area contributed by atoms with Crippen LogP contribution in [0.1, 0.15) is 31.7 Å². The first-order chi connectivity index (χ1) is 11.4. The Morgan fingerprint density at radius 3 is 2.96 bits per heavy atom. The minimum Gasteiger partial charge on any atom is -0.390 e. The van der Waals surface area contributed by atoms with Crippen molar-refractivity contribution in [2.75, 3.05) is 19.8 Å². The van der Waals surface area contributed by atoms with Gasteiger partial charge < -0.3 is 9.84 Å². The molecule has 2 aliphatic heterocycles. The summed E-state index contributed by atoms with van der Waals surface area (Å²) in [6.07, 6.45) is 1.97. The van der Waals surface area contributed by atoms with Crippen molar-refractivity contribution in [3.8, 4) is 6.07 Å². The van der Waals surface area contributed by atoms with Crippen LogP contribution in [-0.2, 0) is 14.8 Å². The molecule has 130 valence electrons. The molecule has 2 heterocycles. The molecule has 0 aromatic heterocycles. The van der Waals surface area contributed by atoms with E-state index in [9.17, 15) is 13.5 Å². The maximum atomic E-state index is 13.1. The predicted molar refractivity (Wildman–Crippen MR) is 87.6 cm³/mol. The molecule has 7 heteroatoms. The summed E-state index contributed by atoms with van der Waals surface area (Å²) in [5.41, 5.74) is -0.616. The van der Waals surface area contributed by atoms with Crippen LogP contribution in [-0.4, -0.2) is 49.2 Å². The number of aliphatic hydroxyl groups is 1. The third-order valence-electron chi connectivity index (χ3n) is 5.13. The van der Waals surface area contributed by atoms with Crippen molar-refractivity contribution < 1.29 is 18.3 Å². The van der Waals surface area contributed by atoms with Gasteiger partial charge in [0.25, 0.3) is 0 Å². The van der Waals surface area contributed by atoms with E-state index in [1.807, 2.05) is 6.07 Å². The summed E-state index contributed by atoms with van der Waals surface area (Å²) in [5, 5.41) is 19.7. The van der Waals surface area contributed by atoms with E-state index in [-0.39, 0.29) is 16.9 Å². The van der Waals surface area contributed by atoms with Crippen molar-refractivity contribution in [1.29, 1.82) is 5.26 Å². The fraction of sp³-hybridized carbons (Fsp3) is 0.588. The van der Waals surface area contributed by atoms with Crippen molar-refractivity contribution in [2.45, 2.75) is 42.7 Å². The molecule has 0 amide bonds. The molecule has 1 aromatic carbocycles. The van der Waals surface area contributed by atoms with Crippen LogP contribution in [0.25, 0.3) is 0 Å². The summed E-state index contributed by atoms with van der Waals surface area (Å²) in [6.45, 7) is 3.05. The van der Waals surface area contributed by atoms with Crippen LogP contribution in [0.2, 0.25) is 0 Å². The molecule has 6 nitrogen and oxygen atoms in total. The molecule has 0 unspecified atom stereocenters. The molecule has 0 bridgehead atoms. The molecule has 0 spiro atoms. The van der Waals surface area contributed by atoms with Gasteiger partial charge in [-0.05, 0) is 44.4 Å². The topological polar surface area (TPSA) is 90.6 Å². The standard InChI is InChI=1S/C17H22N2O4S/c1-17(20)7-9-23-12-15(17)16-6-3-8-19(16)24(21,22)14-5-2-4-13(10-14)11-18/h2,4-5,10,15-16,20H,3,6-9,12H2,1H3/t15-,16+,17-/m0/s1. The van der Waals surface area contributed by atoms with Crippen LogP contribution in [0.3, 0.4) is 0 Å². The molecule has 1 N–H and O–H groups in total. The average Bonchev–Trinajstić information content (AvgIpc) is 3.04. The van der Waals surface area contributed by atoms with Gasteiger partial charge in [-0.1, -0.05) is 6.07 Å². The van der Waals surface area contributed by atoms with Gasteiger partial charge in [0.05, 0.1) is 28.7 Å². The zero-order chi connectivity index (χ0) is 17.4. The minimum absolute atomic E-state index is 0.129. The lowest BCUT2D eigenvalue weighted by Gasteiger charge is -2.42. The molecule has 2 fully saturated rings. The Bertz CT molecular complexity index is 754. The van der Waals surface area contributed by atoms with E-state index < -0.39 is 15.6 Å². The predicted octanol–water partition coefficient (Wildman–Crippen LogP) is 1.50. The monoisotopic (exact) mass is 350 g/mol. The Kier molecular flexibility index (Phi) is 4.67. The molecule has 2 saturated heterocycles. The van der Waals surface area contributed by atoms with Crippen molar-refractivity contribution >= 4 is 10.0 Å². The second-order valence-electron chi connectivity index (χ2n) is 6.75. The Hall–Kier alpha value is -1.46. The highest BCUT2D eigenvalue weighted by atomic mass is 32.2. The van der Waals surface area contributed by atoms with Crippen molar-refractivity contribution in [1.82, 2.24) is 4.31 Å². The smallest absolute Gasteiger partial charge is 0.243 e. The fourth-order valence-electron chi connectivity index (χ4n) is 3.71. The quantitative estimate of drug-likeness (QED) is 0.892. The number of ether oxygens (including phenoxy) is 1. The summed E-state index contributed by atoms with van der Waals surface area (Å²) in [5.74, 6) is -0.248. The molecule has 3 atom stereocenters. The van der Waals surface area contributed by atoms with Crippen molar-refractivity contribution in [3.05, 3.63) is 29.8 Å². The highest BCUT2D eigenvalue weighted by molar-refractivity contribution is 7.89. The lowest BCUT2D eigenvalue weighted by atomic mass is 9.80. The van der Waals surface area contributed by atoms with E-state index in [0.29, 0.717) is 38.2 Å². The zero-order valence-corrected chi connectivity index (χ0v) is 14.5. The van der Waals surface area contributed by atoms with Crippen LogP contribution < -0.4 is 0 Å². The van der Waals surface area contributed by atoms with Gasteiger partial charge in [-0.15, -0.1) is 0 Å². The molecule has 3 rings (SSSR count). The van der Waals surface area contributed by atoms with Gasteiger partial charge in [-0.2, -0.15) is 9.57 Å². The summed E-state index contributed by atoms with van der Waals surface area (Å²) in [4.78, 5) is 0.129. The van der Waals surface area contributed by atoms with Gasteiger partial charge in [-0.25, -0.2) is 8.42 Å². The average molecular weight is 350 g/mol. The van der Waals surface area contributed by atoms with Crippen LogP contribution >= 0.6 is 0 Å². The van der Waals surface area contributed by atoms with Crippen LogP contribution in [0, 0.1) is 17.2 Å². The molecular weight excluding hydrogens is 328 g/mol. The molecular formula is C17H22N2O4S. The molecule has 1 aromatic rings. The van der Waals surface area contributed by atoms with Crippen molar-refractivity contribution in [2.24, 2.45) is 5.92 Å². The van der Waals surface area contributed by atoms with Gasteiger partial charge in [-0.3, -0.25) is 0 Å². The first-order valence-corrected chi connectivity index (χ1v) is 9.62. The first kappa shape index (κ1) is 17.4. The Balaban J connectivity index is 1.93. The van der Waals surface area contributed by atoms with Gasteiger partial charge in [0, 0.05) is 25.1 Å². The molecule has 0 aliphatic carbocycles. The number of benzene rings is 1. The second kappa shape index (κ2) is 6.45. The van der Waals surface area contributed by atoms with Gasteiger partial charge >= 0.3 is 0 Å². The van der Waals surface area contributed by atoms with Gasteiger partial charge in [0.15, 0.2) is 0 Å². The number of hydrogen-bond donors (Lipinski definition) is 1. The second-order valence-corrected chi connectivity index (χ2v) is 8.64. The van der Waals surface area contributed by atoms with E-state index in [2.05, 4.69) is 0 Å². The number of nitriles is 1. The number of nitrogens with zero attached hydrogens (tertiary/aromatic N) is 2. The Morgan fingerprint density at radius 2 is 2.25 bits per heavy atom. The van der Waals surface area contributed by atoms with E-state index in [1.165, 1.54) is 16.4 Å². The molecule has 24 heavy (non-hydrogen) atoms. The first-order valence-electron chi connectivity index (χ1n) is 8.18. The molecule has 0 saturated carbocycles. The third kappa shape index (κ3) is 3.07. The third-order valence-corrected chi connectivity index (χ3v) is 7.05. The maximum Gasteiger partial charge on any atom is 0.243 e. The lowest BCUT2D eigenvalue weighted by Crippen LogP contribution is -2.53. The van der Waals surface area contributed by atoms with Gasteiger partial charge in [0.2, 0.25) is 10.0 Å². The fourth-order valence-corrected chi connectivity index (χ4v) is 5.48. The van der Waals surface area contributed by atoms with E-state index in [0.717, 1.165) is 6.42 Å². The largest absolute Gasteiger partial charge is 0.390 e. The lowest BCUT2D eigenvalue weighted by molar-refractivity contribution is -0.116. The van der Waals surface area contributed by atoms with E-state index in [4.69, 9.17) is 10.00 Å². The maximum absolute atomic E-state index is 13.1. The van der Waals surface area contributed by atoms with Gasteiger partial charge in [0.1, 0.15) is 0 Å². The van der Waals surface area contributed by atoms with Crippen LogP contribution in [0.15, 0.2) is 29.2 Å². The SMILES string of the molecule is C[C@]1(O)CCOC[C@H]1[C@H]1CCCN1S(=O)(=O)c1cccc(C#N)c1. The number of sulfonamides is 1.